The highest BCUT2D eigenvalue weighted by Crippen LogP contribution is 2.14. The molecule has 1 aromatic carbocycles. The number of hydrogen-bond acceptors (Lipinski definition) is 0. The van der Waals surface area contributed by atoms with Crippen molar-refractivity contribution < 1.29 is 4.39 Å². The van der Waals surface area contributed by atoms with Crippen LogP contribution < -0.4 is 0 Å². The van der Waals surface area contributed by atoms with Crippen LogP contribution in [0.1, 0.15) is 18.1 Å². The predicted octanol–water partition coefficient (Wildman–Crippen LogP) is 3.93. The highest BCUT2D eigenvalue weighted by Gasteiger charge is 1.97. The Kier molecular flexibility index (Phi) is 3.67. The Labute approximate surface area is 86.6 Å². The minimum Gasteiger partial charge on any atom is -0.207 e. The largest absolute Gasteiger partial charge is 0.207 e. The second-order valence-corrected chi connectivity index (χ2v) is 3.69. The lowest BCUT2D eigenvalue weighted by molar-refractivity contribution is 0.627. The van der Waals surface area contributed by atoms with Gasteiger partial charge in [0, 0.05) is 5.33 Å². The maximum atomic E-state index is 12.9. The summed E-state index contributed by atoms with van der Waals surface area (Å²) in [4.78, 5) is 0. The molecule has 0 aliphatic rings. The topological polar surface area (TPSA) is 0 Å². The van der Waals surface area contributed by atoms with Crippen molar-refractivity contribution in [3.05, 3.63) is 40.7 Å². The van der Waals surface area contributed by atoms with E-state index < -0.39 is 0 Å². The van der Waals surface area contributed by atoms with Crippen LogP contribution in [0.3, 0.4) is 0 Å². The normalized spacial score (nSPS) is 11.8. The van der Waals surface area contributed by atoms with E-state index in [4.69, 9.17) is 0 Å². The van der Waals surface area contributed by atoms with Crippen molar-refractivity contribution in [3.8, 4) is 0 Å². The minimum atomic E-state index is -0.181. The van der Waals surface area contributed by atoms with Crippen LogP contribution >= 0.6 is 15.9 Å². The van der Waals surface area contributed by atoms with Crippen molar-refractivity contribution >= 4 is 22.0 Å². The molecule has 0 bridgehead atoms. The second kappa shape index (κ2) is 4.56. The Bertz CT molecular complexity index is 329. The van der Waals surface area contributed by atoms with Crippen LogP contribution in [0.25, 0.3) is 6.08 Å². The molecular formula is C11H12BrF. The van der Waals surface area contributed by atoms with Crippen LogP contribution in [0.15, 0.2) is 23.8 Å². The third-order valence-corrected chi connectivity index (χ3v) is 2.74. The predicted molar refractivity (Wildman–Crippen MR) is 58.6 cm³/mol. The van der Waals surface area contributed by atoms with E-state index >= 15 is 0 Å². The zero-order chi connectivity index (χ0) is 9.84. The molecule has 0 N–H and O–H groups in total. The molecule has 0 radical (unpaired) electrons. The van der Waals surface area contributed by atoms with Gasteiger partial charge in [0.1, 0.15) is 5.82 Å². The zero-order valence-electron chi connectivity index (χ0n) is 7.77. The fourth-order valence-corrected chi connectivity index (χ4v) is 1.23. The summed E-state index contributed by atoms with van der Waals surface area (Å²) in [6.45, 7) is 3.99. The number of rotatable bonds is 2. The van der Waals surface area contributed by atoms with Crippen molar-refractivity contribution in [2.24, 2.45) is 0 Å². The van der Waals surface area contributed by atoms with Gasteiger partial charge in [-0.25, -0.2) is 4.39 Å². The molecule has 0 aromatic heterocycles. The third kappa shape index (κ3) is 2.96. The van der Waals surface area contributed by atoms with Crippen LogP contribution in [-0.2, 0) is 0 Å². The molecule has 0 nitrogen and oxygen atoms in total. The van der Waals surface area contributed by atoms with E-state index in [-0.39, 0.29) is 5.82 Å². The van der Waals surface area contributed by atoms with Crippen molar-refractivity contribution in [1.82, 2.24) is 0 Å². The standard InChI is InChI=1S/C11H12BrF/c1-8(7-12)5-10-6-11(13)4-3-9(10)2/h3-6H,7H2,1-2H3/b8-5-. The average Bonchev–Trinajstić information content (AvgIpc) is 2.11. The van der Waals surface area contributed by atoms with E-state index in [1.54, 1.807) is 12.1 Å². The van der Waals surface area contributed by atoms with E-state index in [1.807, 2.05) is 19.9 Å². The summed E-state index contributed by atoms with van der Waals surface area (Å²) in [5.74, 6) is -0.181. The number of benzene rings is 1. The lowest BCUT2D eigenvalue weighted by atomic mass is 10.1. The average molecular weight is 243 g/mol. The number of aryl methyl sites for hydroxylation is 1. The van der Waals surface area contributed by atoms with Gasteiger partial charge in [-0.05, 0) is 37.1 Å². The molecule has 0 saturated carbocycles. The van der Waals surface area contributed by atoms with E-state index in [0.29, 0.717) is 0 Å². The number of allylic oxidation sites excluding steroid dienone is 1. The van der Waals surface area contributed by atoms with Crippen LogP contribution in [0.5, 0.6) is 0 Å². The lowest BCUT2D eigenvalue weighted by Gasteiger charge is -2.01. The molecule has 0 fully saturated rings. The van der Waals surface area contributed by atoms with E-state index in [1.165, 1.54) is 11.6 Å². The van der Waals surface area contributed by atoms with Crippen LogP contribution in [0, 0.1) is 12.7 Å². The first-order valence-corrected chi connectivity index (χ1v) is 5.25. The maximum Gasteiger partial charge on any atom is 0.123 e. The number of hydrogen-bond donors (Lipinski definition) is 0. The molecule has 1 rings (SSSR count). The Morgan fingerprint density at radius 2 is 2.23 bits per heavy atom. The van der Waals surface area contributed by atoms with Gasteiger partial charge in [-0.1, -0.05) is 33.6 Å². The van der Waals surface area contributed by atoms with Crippen LogP contribution in [-0.4, -0.2) is 5.33 Å². The van der Waals surface area contributed by atoms with E-state index in [2.05, 4.69) is 15.9 Å². The molecule has 0 unspecified atom stereocenters. The van der Waals surface area contributed by atoms with Crippen LogP contribution in [0.4, 0.5) is 4.39 Å². The highest BCUT2D eigenvalue weighted by atomic mass is 79.9. The molecule has 0 spiro atoms. The lowest BCUT2D eigenvalue weighted by Crippen LogP contribution is -1.85. The van der Waals surface area contributed by atoms with Gasteiger partial charge in [-0.2, -0.15) is 0 Å². The number of halogens is 2. The second-order valence-electron chi connectivity index (χ2n) is 3.13. The maximum absolute atomic E-state index is 12.9. The van der Waals surface area contributed by atoms with Gasteiger partial charge in [-0.15, -0.1) is 0 Å². The minimum absolute atomic E-state index is 0.181. The van der Waals surface area contributed by atoms with Crippen molar-refractivity contribution in [2.45, 2.75) is 13.8 Å². The van der Waals surface area contributed by atoms with Crippen molar-refractivity contribution in [1.29, 1.82) is 0 Å². The molecule has 0 heterocycles. The fourth-order valence-electron chi connectivity index (χ4n) is 1.07. The summed E-state index contributed by atoms with van der Waals surface area (Å²) in [7, 11) is 0. The van der Waals surface area contributed by atoms with E-state index in [9.17, 15) is 4.39 Å². The van der Waals surface area contributed by atoms with Gasteiger partial charge in [0.15, 0.2) is 0 Å². The number of alkyl halides is 1. The molecule has 2 heteroatoms. The van der Waals surface area contributed by atoms with Crippen molar-refractivity contribution in [3.63, 3.8) is 0 Å². The zero-order valence-corrected chi connectivity index (χ0v) is 9.36. The monoisotopic (exact) mass is 242 g/mol. The Hall–Kier alpha value is -0.630. The van der Waals surface area contributed by atoms with Gasteiger partial charge in [-0.3, -0.25) is 0 Å². The SMILES string of the molecule is C/C(=C/c1cc(F)ccc1C)CBr. The van der Waals surface area contributed by atoms with Gasteiger partial charge in [0.05, 0.1) is 0 Å². The summed E-state index contributed by atoms with van der Waals surface area (Å²) in [5.41, 5.74) is 3.24. The summed E-state index contributed by atoms with van der Waals surface area (Å²) in [6.07, 6.45) is 1.99. The molecule has 13 heavy (non-hydrogen) atoms. The fraction of sp³-hybridized carbons (Fsp3) is 0.273. The molecule has 0 aliphatic heterocycles. The molecule has 0 saturated heterocycles. The highest BCUT2D eigenvalue weighted by molar-refractivity contribution is 9.09. The van der Waals surface area contributed by atoms with Gasteiger partial charge < -0.3 is 0 Å². The quantitative estimate of drug-likeness (QED) is 0.690. The Morgan fingerprint density at radius 1 is 1.54 bits per heavy atom. The van der Waals surface area contributed by atoms with Gasteiger partial charge >= 0.3 is 0 Å². The third-order valence-electron chi connectivity index (χ3n) is 1.85. The molecule has 0 atom stereocenters. The van der Waals surface area contributed by atoms with Crippen LogP contribution in [0.2, 0.25) is 0 Å². The summed E-state index contributed by atoms with van der Waals surface area (Å²) >= 11 is 3.35. The Balaban J connectivity index is 3.07. The molecule has 0 amide bonds. The smallest absolute Gasteiger partial charge is 0.123 e. The molecular weight excluding hydrogens is 231 g/mol. The van der Waals surface area contributed by atoms with Gasteiger partial charge in [0.25, 0.3) is 0 Å². The van der Waals surface area contributed by atoms with Crippen molar-refractivity contribution in [2.75, 3.05) is 5.33 Å². The molecule has 1 aromatic rings. The first-order chi connectivity index (χ1) is 6.13. The first-order valence-electron chi connectivity index (χ1n) is 4.13. The Morgan fingerprint density at radius 3 is 2.85 bits per heavy atom. The summed E-state index contributed by atoms with van der Waals surface area (Å²) in [6, 6.07) is 4.83. The van der Waals surface area contributed by atoms with Gasteiger partial charge in [0.2, 0.25) is 0 Å². The molecule has 70 valence electrons. The first kappa shape index (κ1) is 10.5. The summed E-state index contributed by atoms with van der Waals surface area (Å²) < 4.78 is 12.9. The molecule has 0 aliphatic carbocycles. The van der Waals surface area contributed by atoms with E-state index in [0.717, 1.165) is 16.5 Å². The summed E-state index contributed by atoms with van der Waals surface area (Å²) in [5, 5.41) is 0.822.